The number of aryl methyl sites for hydroxylation is 1. The second-order valence-electron chi connectivity index (χ2n) is 6.56. The van der Waals surface area contributed by atoms with Crippen molar-refractivity contribution in [2.45, 2.75) is 13.5 Å². The Morgan fingerprint density at radius 3 is 2.89 bits per heavy atom. The van der Waals surface area contributed by atoms with Crippen LogP contribution in [0.25, 0.3) is 22.0 Å². The zero-order chi connectivity index (χ0) is 19.0. The molecule has 0 aliphatic rings. The third kappa shape index (κ3) is 3.11. The van der Waals surface area contributed by atoms with Gasteiger partial charge in [-0.3, -0.25) is 4.79 Å². The van der Waals surface area contributed by atoms with E-state index in [1.165, 1.54) is 4.68 Å². The molecule has 4 aromatic rings. The minimum Gasteiger partial charge on any atom is -0.392 e. The van der Waals surface area contributed by atoms with Crippen LogP contribution in [0.2, 0.25) is 0 Å². The highest BCUT2D eigenvalue weighted by Gasteiger charge is 2.11. The first-order valence-corrected chi connectivity index (χ1v) is 8.68. The van der Waals surface area contributed by atoms with Gasteiger partial charge in [-0.2, -0.15) is 5.10 Å². The van der Waals surface area contributed by atoms with Crippen molar-refractivity contribution in [1.29, 1.82) is 0 Å². The lowest BCUT2D eigenvalue weighted by Gasteiger charge is -2.13. The molecule has 0 amide bonds. The molecule has 3 N–H and O–H groups in total. The van der Waals surface area contributed by atoms with E-state index < -0.39 is 0 Å². The van der Waals surface area contributed by atoms with E-state index in [0.717, 1.165) is 33.3 Å². The zero-order valence-electron chi connectivity index (χ0n) is 15.2. The smallest absolute Gasteiger partial charge is 0.271 e. The van der Waals surface area contributed by atoms with Crippen molar-refractivity contribution in [3.63, 3.8) is 0 Å². The number of hydrogen-bond donors (Lipinski definition) is 3. The van der Waals surface area contributed by atoms with Gasteiger partial charge in [0.25, 0.3) is 5.56 Å². The Labute approximate surface area is 156 Å². The average molecular weight is 360 g/mol. The first-order valence-electron chi connectivity index (χ1n) is 8.68. The van der Waals surface area contributed by atoms with Gasteiger partial charge in [0.05, 0.1) is 18.5 Å². The van der Waals surface area contributed by atoms with Crippen LogP contribution in [0.5, 0.6) is 0 Å². The summed E-state index contributed by atoms with van der Waals surface area (Å²) in [6, 6.07) is 13.9. The normalized spacial score (nSPS) is 11.1. The summed E-state index contributed by atoms with van der Waals surface area (Å²) >= 11 is 0. The van der Waals surface area contributed by atoms with E-state index >= 15 is 0 Å². The number of H-pyrrole nitrogens is 1. The number of hydrogen-bond acceptors (Lipinski definition) is 4. The number of anilines is 2. The van der Waals surface area contributed by atoms with Crippen LogP contribution in [0.3, 0.4) is 0 Å². The number of aliphatic hydroxyl groups is 1. The lowest BCUT2D eigenvalue weighted by atomic mass is 9.99. The Balaban J connectivity index is 1.83. The second-order valence-corrected chi connectivity index (χ2v) is 6.56. The number of aliphatic hydroxyl groups excluding tert-OH is 1. The maximum absolute atomic E-state index is 12.1. The summed E-state index contributed by atoms with van der Waals surface area (Å²) in [5.41, 5.74) is 5.93. The molecule has 0 aliphatic carbocycles. The fraction of sp³-hybridized carbons (Fsp3) is 0.143. The van der Waals surface area contributed by atoms with Crippen molar-refractivity contribution in [1.82, 2.24) is 14.8 Å². The topological polar surface area (TPSA) is 82.9 Å². The van der Waals surface area contributed by atoms with E-state index in [-0.39, 0.29) is 12.2 Å². The van der Waals surface area contributed by atoms with Crippen molar-refractivity contribution in [3.8, 4) is 11.1 Å². The lowest BCUT2D eigenvalue weighted by Crippen LogP contribution is -2.22. The fourth-order valence-corrected chi connectivity index (χ4v) is 3.25. The summed E-state index contributed by atoms with van der Waals surface area (Å²) in [5, 5.41) is 18.0. The predicted molar refractivity (Wildman–Crippen MR) is 107 cm³/mol. The zero-order valence-corrected chi connectivity index (χ0v) is 15.2. The van der Waals surface area contributed by atoms with Crippen molar-refractivity contribution in [2.75, 3.05) is 5.32 Å². The van der Waals surface area contributed by atoms with Crippen LogP contribution in [0.4, 0.5) is 11.4 Å². The molecule has 0 saturated carbocycles. The molecule has 0 unspecified atom stereocenters. The monoisotopic (exact) mass is 360 g/mol. The molecule has 2 heterocycles. The van der Waals surface area contributed by atoms with E-state index in [0.29, 0.717) is 11.3 Å². The quantitative estimate of drug-likeness (QED) is 0.520. The highest BCUT2D eigenvalue weighted by Crippen LogP contribution is 2.33. The molecule has 0 spiro atoms. The molecule has 136 valence electrons. The summed E-state index contributed by atoms with van der Waals surface area (Å²) < 4.78 is 1.32. The number of aromatic nitrogens is 3. The number of nitrogens with zero attached hydrogens (tertiary/aromatic N) is 2. The summed E-state index contributed by atoms with van der Waals surface area (Å²) in [6.45, 7) is 1.78. The van der Waals surface area contributed by atoms with Crippen LogP contribution in [0, 0.1) is 6.92 Å². The second kappa shape index (κ2) is 6.74. The Hall–Kier alpha value is -3.38. The molecule has 0 atom stereocenters. The van der Waals surface area contributed by atoms with E-state index in [1.54, 1.807) is 20.2 Å². The van der Waals surface area contributed by atoms with Gasteiger partial charge in [0.2, 0.25) is 0 Å². The molecule has 6 nitrogen and oxygen atoms in total. The van der Waals surface area contributed by atoms with Crippen molar-refractivity contribution in [3.05, 3.63) is 76.3 Å². The van der Waals surface area contributed by atoms with Gasteiger partial charge in [0.1, 0.15) is 0 Å². The van der Waals surface area contributed by atoms with Gasteiger partial charge in [-0.25, -0.2) is 4.68 Å². The fourth-order valence-electron chi connectivity index (χ4n) is 3.25. The van der Waals surface area contributed by atoms with Gasteiger partial charge < -0.3 is 15.4 Å². The summed E-state index contributed by atoms with van der Waals surface area (Å²) in [7, 11) is 1.64. The van der Waals surface area contributed by atoms with E-state index in [4.69, 9.17) is 0 Å². The van der Waals surface area contributed by atoms with Crippen LogP contribution < -0.4 is 10.9 Å². The van der Waals surface area contributed by atoms with Gasteiger partial charge >= 0.3 is 0 Å². The number of rotatable bonds is 4. The highest BCUT2D eigenvalue weighted by atomic mass is 16.3. The van der Waals surface area contributed by atoms with Gasteiger partial charge in [0.15, 0.2) is 0 Å². The molecule has 0 fully saturated rings. The molecule has 6 heteroatoms. The number of fused-ring (bicyclic) bond motifs is 1. The van der Waals surface area contributed by atoms with E-state index in [1.807, 2.05) is 48.7 Å². The predicted octanol–water partition coefficient (Wildman–Crippen LogP) is 3.47. The van der Waals surface area contributed by atoms with Gasteiger partial charge in [-0.05, 0) is 47.9 Å². The van der Waals surface area contributed by atoms with Gasteiger partial charge in [-0.15, -0.1) is 0 Å². The average Bonchev–Trinajstić information content (AvgIpc) is 3.16. The molecule has 0 radical (unpaired) electrons. The molecular formula is C21H20N4O2. The Morgan fingerprint density at radius 1 is 1.22 bits per heavy atom. The third-order valence-corrected chi connectivity index (χ3v) is 4.75. The SMILES string of the molecule is Cc1c(Nc2cc(-c3cccc(CO)c3)c3cc[nH]c3c2)cnn(C)c1=O. The van der Waals surface area contributed by atoms with Crippen LogP contribution in [0.1, 0.15) is 11.1 Å². The number of benzene rings is 2. The number of nitrogens with one attached hydrogen (secondary N) is 2. The highest BCUT2D eigenvalue weighted by molar-refractivity contribution is 5.98. The number of aromatic amines is 1. The molecule has 2 aromatic heterocycles. The standard InChI is InChI=1S/C21H20N4O2/c1-13-20(11-23-25(2)21(13)27)24-16-9-18(17-6-7-22-19(17)10-16)15-5-3-4-14(8-15)12-26/h3-11,22,24,26H,12H2,1-2H3. The summed E-state index contributed by atoms with van der Waals surface area (Å²) in [4.78, 5) is 15.4. The van der Waals surface area contributed by atoms with Crippen molar-refractivity contribution < 1.29 is 5.11 Å². The minimum atomic E-state index is -0.128. The van der Waals surface area contributed by atoms with Crippen molar-refractivity contribution >= 4 is 22.3 Å². The van der Waals surface area contributed by atoms with E-state index in [2.05, 4.69) is 15.4 Å². The Bertz CT molecular complexity index is 1190. The maximum atomic E-state index is 12.1. The minimum absolute atomic E-state index is 0.000233. The third-order valence-electron chi connectivity index (χ3n) is 4.75. The molecular weight excluding hydrogens is 340 g/mol. The molecule has 0 saturated heterocycles. The summed E-state index contributed by atoms with van der Waals surface area (Å²) in [5.74, 6) is 0. The maximum Gasteiger partial charge on any atom is 0.271 e. The van der Waals surface area contributed by atoms with Crippen molar-refractivity contribution in [2.24, 2.45) is 7.05 Å². The van der Waals surface area contributed by atoms with Gasteiger partial charge in [-0.1, -0.05) is 18.2 Å². The summed E-state index contributed by atoms with van der Waals surface area (Å²) in [6.07, 6.45) is 3.56. The van der Waals surface area contributed by atoms with Crippen LogP contribution in [0.15, 0.2) is 59.7 Å². The largest absolute Gasteiger partial charge is 0.392 e. The molecule has 0 bridgehead atoms. The van der Waals surface area contributed by atoms with Crippen LogP contribution in [-0.4, -0.2) is 19.9 Å². The first-order chi connectivity index (χ1) is 13.1. The lowest BCUT2D eigenvalue weighted by molar-refractivity contribution is 0.282. The van der Waals surface area contributed by atoms with Gasteiger partial charge in [0, 0.05) is 35.4 Å². The molecule has 27 heavy (non-hydrogen) atoms. The molecule has 0 aliphatic heterocycles. The Morgan fingerprint density at radius 2 is 2.07 bits per heavy atom. The van der Waals surface area contributed by atoms with Crippen LogP contribution >= 0.6 is 0 Å². The van der Waals surface area contributed by atoms with Crippen LogP contribution in [-0.2, 0) is 13.7 Å². The van der Waals surface area contributed by atoms with E-state index in [9.17, 15) is 9.90 Å². The first kappa shape index (κ1) is 17.1. The Kier molecular flexibility index (Phi) is 4.25. The molecule has 4 rings (SSSR count). The molecule has 2 aromatic carbocycles.